The third-order valence-electron chi connectivity index (χ3n) is 2.79. The van der Waals surface area contributed by atoms with Crippen LogP contribution in [0.5, 0.6) is 0 Å². The van der Waals surface area contributed by atoms with Gasteiger partial charge in [-0.2, -0.15) is 11.8 Å². The van der Waals surface area contributed by atoms with E-state index in [1.165, 1.54) is 44.4 Å². The first-order valence-electron chi connectivity index (χ1n) is 4.82. The molecule has 64 valence electrons. The highest BCUT2D eigenvalue weighted by atomic mass is 32.2. The van der Waals surface area contributed by atoms with E-state index in [0.29, 0.717) is 0 Å². The molecule has 1 saturated heterocycles. The van der Waals surface area contributed by atoms with Crippen molar-refractivity contribution in [2.75, 3.05) is 12.3 Å². The van der Waals surface area contributed by atoms with Gasteiger partial charge < -0.3 is 5.32 Å². The van der Waals surface area contributed by atoms with Gasteiger partial charge in [-0.15, -0.1) is 0 Å². The van der Waals surface area contributed by atoms with E-state index in [4.69, 9.17) is 0 Å². The van der Waals surface area contributed by atoms with Gasteiger partial charge in [0.05, 0.1) is 0 Å². The quantitative estimate of drug-likeness (QED) is 0.598. The average molecular weight is 171 g/mol. The molecule has 1 aliphatic carbocycles. The highest BCUT2D eigenvalue weighted by molar-refractivity contribution is 8.00. The molecule has 0 aromatic heterocycles. The molecule has 0 spiro atoms. The Bertz CT molecular complexity index is 113. The van der Waals surface area contributed by atoms with Gasteiger partial charge in [0.25, 0.3) is 0 Å². The van der Waals surface area contributed by atoms with E-state index in [9.17, 15) is 0 Å². The van der Waals surface area contributed by atoms with Crippen LogP contribution in [0, 0.1) is 0 Å². The summed E-state index contributed by atoms with van der Waals surface area (Å²) in [5.41, 5.74) is 0. The zero-order chi connectivity index (χ0) is 7.52. The Hall–Kier alpha value is 0.310. The second-order valence-electron chi connectivity index (χ2n) is 3.61. The molecule has 1 nitrogen and oxygen atoms in total. The summed E-state index contributed by atoms with van der Waals surface area (Å²) in [6, 6.07) is 0.858. The van der Waals surface area contributed by atoms with Crippen LogP contribution in [0.2, 0.25) is 0 Å². The van der Waals surface area contributed by atoms with Crippen LogP contribution in [-0.4, -0.2) is 23.6 Å². The van der Waals surface area contributed by atoms with Gasteiger partial charge in [-0.3, -0.25) is 0 Å². The van der Waals surface area contributed by atoms with Crippen molar-refractivity contribution in [2.24, 2.45) is 0 Å². The monoisotopic (exact) mass is 171 g/mol. The van der Waals surface area contributed by atoms with Gasteiger partial charge in [-0.25, -0.2) is 0 Å². The van der Waals surface area contributed by atoms with Crippen molar-refractivity contribution in [1.82, 2.24) is 5.32 Å². The van der Waals surface area contributed by atoms with Crippen molar-refractivity contribution < 1.29 is 0 Å². The molecular formula is C9H17NS. The topological polar surface area (TPSA) is 12.0 Å². The summed E-state index contributed by atoms with van der Waals surface area (Å²) in [6.07, 6.45) is 7.28. The number of rotatable bonds is 0. The van der Waals surface area contributed by atoms with E-state index in [1.54, 1.807) is 0 Å². The standard InChI is InChI=1S/C9H17NS/c1-2-4-8-9(5-3-1)11-7-6-10-8/h8-10H,1-7H2. The van der Waals surface area contributed by atoms with Gasteiger partial charge in [0.15, 0.2) is 0 Å². The average Bonchev–Trinajstić information content (AvgIpc) is 2.28. The normalized spacial score (nSPS) is 39.3. The summed E-state index contributed by atoms with van der Waals surface area (Å²) >= 11 is 2.20. The Labute approximate surface area is 73.3 Å². The molecule has 11 heavy (non-hydrogen) atoms. The highest BCUT2D eigenvalue weighted by Gasteiger charge is 2.25. The van der Waals surface area contributed by atoms with Gasteiger partial charge in [0.1, 0.15) is 0 Å². The van der Waals surface area contributed by atoms with Gasteiger partial charge in [-0.05, 0) is 12.8 Å². The van der Waals surface area contributed by atoms with Crippen LogP contribution in [0.1, 0.15) is 32.1 Å². The van der Waals surface area contributed by atoms with E-state index in [1.807, 2.05) is 0 Å². The Morgan fingerprint density at radius 2 is 2.00 bits per heavy atom. The summed E-state index contributed by atoms with van der Waals surface area (Å²) in [5, 5.41) is 4.59. The Morgan fingerprint density at radius 3 is 3.00 bits per heavy atom. The molecule has 0 bridgehead atoms. The molecule has 0 radical (unpaired) electrons. The number of hydrogen-bond donors (Lipinski definition) is 1. The molecule has 0 aromatic carbocycles. The first-order chi connectivity index (χ1) is 5.47. The van der Waals surface area contributed by atoms with Crippen molar-refractivity contribution >= 4 is 11.8 Å². The first-order valence-corrected chi connectivity index (χ1v) is 5.87. The highest BCUT2D eigenvalue weighted by Crippen LogP contribution is 2.29. The maximum atomic E-state index is 3.64. The summed E-state index contributed by atoms with van der Waals surface area (Å²) in [5.74, 6) is 1.33. The minimum Gasteiger partial charge on any atom is -0.312 e. The Morgan fingerprint density at radius 1 is 1.09 bits per heavy atom. The van der Waals surface area contributed by atoms with Gasteiger partial charge >= 0.3 is 0 Å². The lowest BCUT2D eigenvalue weighted by molar-refractivity contribution is 0.472. The lowest BCUT2D eigenvalue weighted by Gasteiger charge is -2.30. The molecule has 1 saturated carbocycles. The maximum Gasteiger partial charge on any atom is 0.0201 e. The molecule has 2 aliphatic rings. The van der Waals surface area contributed by atoms with Crippen molar-refractivity contribution in [3.8, 4) is 0 Å². The van der Waals surface area contributed by atoms with Crippen LogP contribution in [0.3, 0.4) is 0 Å². The van der Waals surface area contributed by atoms with Crippen molar-refractivity contribution in [2.45, 2.75) is 43.4 Å². The predicted octanol–water partition coefficient (Wildman–Crippen LogP) is 2.02. The van der Waals surface area contributed by atoms with Gasteiger partial charge in [0.2, 0.25) is 0 Å². The predicted molar refractivity (Wildman–Crippen MR) is 51.1 cm³/mol. The molecule has 2 atom stereocenters. The zero-order valence-corrected chi connectivity index (χ0v) is 7.83. The van der Waals surface area contributed by atoms with Crippen LogP contribution < -0.4 is 5.32 Å². The molecule has 2 heteroatoms. The smallest absolute Gasteiger partial charge is 0.0201 e. The molecule has 2 rings (SSSR count). The molecule has 2 unspecified atom stereocenters. The van der Waals surface area contributed by atoms with Crippen LogP contribution in [0.15, 0.2) is 0 Å². The fraction of sp³-hybridized carbons (Fsp3) is 1.00. The third-order valence-corrected chi connectivity index (χ3v) is 4.23. The lowest BCUT2D eigenvalue weighted by Crippen LogP contribution is -2.43. The van der Waals surface area contributed by atoms with Crippen molar-refractivity contribution in [3.05, 3.63) is 0 Å². The Kier molecular flexibility index (Phi) is 2.75. The van der Waals surface area contributed by atoms with E-state index in [-0.39, 0.29) is 0 Å². The van der Waals surface area contributed by atoms with E-state index in [2.05, 4.69) is 17.1 Å². The van der Waals surface area contributed by atoms with Crippen molar-refractivity contribution in [3.63, 3.8) is 0 Å². The number of hydrogen-bond acceptors (Lipinski definition) is 2. The fourth-order valence-corrected chi connectivity index (χ4v) is 3.50. The maximum absolute atomic E-state index is 3.64. The molecule has 1 aliphatic heterocycles. The van der Waals surface area contributed by atoms with Gasteiger partial charge in [0, 0.05) is 23.6 Å². The van der Waals surface area contributed by atoms with Crippen LogP contribution in [0.25, 0.3) is 0 Å². The van der Waals surface area contributed by atoms with Crippen LogP contribution >= 0.6 is 11.8 Å². The SMILES string of the molecule is C1CCC2NCCSC2CC1. The molecule has 0 aromatic rings. The Balaban J connectivity index is 1.93. The third kappa shape index (κ3) is 1.91. The first kappa shape index (κ1) is 7.93. The largest absolute Gasteiger partial charge is 0.312 e. The summed E-state index contributed by atoms with van der Waals surface area (Å²) < 4.78 is 0. The molecule has 1 N–H and O–H groups in total. The molecule has 1 heterocycles. The van der Waals surface area contributed by atoms with E-state index >= 15 is 0 Å². The lowest BCUT2D eigenvalue weighted by atomic mass is 10.1. The number of fused-ring (bicyclic) bond motifs is 1. The second kappa shape index (κ2) is 3.81. The molecule has 0 amide bonds. The summed E-state index contributed by atoms with van der Waals surface area (Å²) in [6.45, 7) is 1.24. The zero-order valence-electron chi connectivity index (χ0n) is 7.01. The van der Waals surface area contributed by atoms with E-state index in [0.717, 1.165) is 11.3 Å². The minimum absolute atomic E-state index is 0.858. The summed E-state index contributed by atoms with van der Waals surface area (Å²) in [4.78, 5) is 0. The van der Waals surface area contributed by atoms with Crippen LogP contribution in [0.4, 0.5) is 0 Å². The van der Waals surface area contributed by atoms with Crippen molar-refractivity contribution in [1.29, 1.82) is 0 Å². The number of nitrogens with one attached hydrogen (secondary N) is 1. The fourth-order valence-electron chi connectivity index (χ4n) is 2.16. The minimum atomic E-state index is 0.858. The molecular weight excluding hydrogens is 154 g/mol. The molecule has 2 fully saturated rings. The van der Waals surface area contributed by atoms with Crippen LogP contribution in [-0.2, 0) is 0 Å². The van der Waals surface area contributed by atoms with Gasteiger partial charge in [-0.1, -0.05) is 19.3 Å². The number of thioether (sulfide) groups is 1. The van der Waals surface area contributed by atoms with E-state index < -0.39 is 0 Å². The summed E-state index contributed by atoms with van der Waals surface area (Å²) in [7, 11) is 0. The second-order valence-corrected chi connectivity index (χ2v) is 4.95.